The molecule has 1 aliphatic heterocycles. The van der Waals surface area contributed by atoms with Crippen LogP contribution in [0.2, 0.25) is 0 Å². The summed E-state index contributed by atoms with van der Waals surface area (Å²) in [6.07, 6.45) is 8.08. The van der Waals surface area contributed by atoms with Crippen LogP contribution in [0.15, 0.2) is 66.5 Å². The van der Waals surface area contributed by atoms with Gasteiger partial charge in [-0.15, -0.1) is 5.10 Å². The van der Waals surface area contributed by atoms with Gasteiger partial charge >= 0.3 is 10.1 Å². The first-order valence-corrected chi connectivity index (χ1v) is 14.7. The van der Waals surface area contributed by atoms with E-state index in [1.165, 1.54) is 43.3 Å². The molecule has 0 aromatic heterocycles. The molecule has 1 amide bonds. The van der Waals surface area contributed by atoms with Gasteiger partial charge < -0.3 is 9.50 Å². The van der Waals surface area contributed by atoms with Crippen molar-refractivity contribution in [3.63, 3.8) is 0 Å². The largest absolute Gasteiger partial charge is 0.379 e. The van der Waals surface area contributed by atoms with E-state index < -0.39 is 10.1 Å². The van der Waals surface area contributed by atoms with Crippen molar-refractivity contribution >= 4 is 71.0 Å². The third-order valence-electron chi connectivity index (χ3n) is 4.93. The fourth-order valence-corrected chi connectivity index (χ4v) is 6.56. The van der Waals surface area contributed by atoms with E-state index in [0.29, 0.717) is 19.7 Å². The van der Waals surface area contributed by atoms with E-state index in [0.717, 1.165) is 19.3 Å². The summed E-state index contributed by atoms with van der Waals surface area (Å²) in [5.41, 5.74) is 0.604. The fourth-order valence-electron chi connectivity index (χ4n) is 3.21. The molecule has 1 saturated heterocycles. The van der Waals surface area contributed by atoms with Gasteiger partial charge in [0.15, 0.2) is 5.17 Å². The number of nitrogens with zero attached hydrogens (tertiary/aromatic N) is 2. The Labute approximate surface area is 221 Å². The number of amides is 1. The van der Waals surface area contributed by atoms with E-state index in [4.69, 9.17) is 4.18 Å². The molecule has 182 valence electrons. The Morgan fingerprint density at radius 1 is 1.12 bits per heavy atom. The van der Waals surface area contributed by atoms with Gasteiger partial charge in [-0.05, 0) is 58.2 Å². The third kappa shape index (κ3) is 7.93. The number of unbranched alkanes of at least 4 members (excludes halogenated alkanes) is 4. The highest BCUT2D eigenvalue weighted by Gasteiger charge is 2.29. The second kappa shape index (κ2) is 12.9. The maximum atomic E-state index is 12.7. The first-order valence-electron chi connectivity index (χ1n) is 10.9. The number of thioether (sulfide) groups is 1. The second-order valence-corrected chi connectivity index (χ2v) is 12.1. The molecule has 34 heavy (non-hydrogen) atoms. The van der Waals surface area contributed by atoms with Crippen molar-refractivity contribution < 1.29 is 17.4 Å². The zero-order chi connectivity index (χ0) is 24.6. The third-order valence-corrected chi connectivity index (χ3v) is 8.81. The molecule has 2 aromatic rings. The van der Waals surface area contributed by atoms with E-state index in [9.17, 15) is 13.2 Å². The maximum Gasteiger partial charge on any atom is 0.340 e. The number of carbonyl (C=O) groups is 1. The summed E-state index contributed by atoms with van der Waals surface area (Å²) in [4.78, 5) is 12.1. The minimum Gasteiger partial charge on any atom is -0.379 e. The van der Waals surface area contributed by atoms with Crippen LogP contribution in [0.4, 0.5) is 0 Å². The van der Waals surface area contributed by atoms with Crippen LogP contribution < -0.4 is 9.50 Å². The highest BCUT2D eigenvalue weighted by atomic mass is 79.9. The van der Waals surface area contributed by atoms with Crippen molar-refractivity contribution in [3.05, 3.63) is 57.0 Å². The quantitative estimate of drug-likeness (QED) is 0.137. The molecule has 1 atom stereocenters. The molecule has 1 aliphatic rings. The van der Waals surface area contributed by atoms with Crippen LogP contribution in [0.25, 0.3) is 0 Å². The molecule has 0 radical (unpaired) electrons. The van der Waals surface area contributed by atoms with Crippen LogP contribution in [0.1, 0.15) is 51.0 Å². The Morgan fingerprint density at radius 2 is 1.91 bits per heavy atom. The van der Waals surface area contributed by atoms with Gasteiger partial charge in [0.05, 0.1) is 11.5 Å². The Morgan fingerprint density at radius 3 is 2.71 bits per heavy atom. The van der Waals surface area contributed by atoms with Crippen molar-refractivity contribution in [3.8, 4) is 5.75 Å². The number of halogens is 2. The number of rotatable bonds is 11. The van der Waals surface area contributed by atoms with Gasteiger partial charge in [0.2, 0.25) is 5.91 Å². The number of amidine groups is 1. The number of nitrogens with one attached hydrogen (secondary N) is 1. The highest BCUT2D eigenvalue weighted by Crippen LogP contribution is 2.29. The lowest BCUT2D eigenvalue weighted by atomic mass is 10.1. The van der Waals surface area contributed by atoms with Gasteiger partial charge in [0.25, 0.3) is 0 Å². The smallest absolute Gasteiger partial charge is 0.340 e. The lowest BCUT2D eigenvalue weighted by Crippen LogP contribution is -2.24. The molecule has 7 nitrogen and oxygen atoms in total. The predicted molar refractivity (Wildman–Crippen MR) is 144 cm³/mol. The average Bonchev–Trinajstić information content (AvgIpc) is 3.14. The van der Waals surface area contributed by atoms with Gasteiger partial charge in [-0.25, -0.2) is 0 Å². The molecule has 1 unspecified atom stereocenters. The van der Waals surface area contributed by atoms with Gasteiger partial charge in [0, 0.05) is 8.95 Å². The zero-order valence-electron chi connectivity index (χ0n) is 18.5. The Hall–Kier alpha value is -1.69. The molecule has 1 fully saturated rings. The summed E-state index contributed by atoms with van der Waals surface area (Å²) < 4.78 is 31.7. The molecule has 1 N–H and O–H groups in total. The van der Waals surface area contributed by atoms with Crippen LogP contribution in [0.3, 0.4) is 0 Å². The summed E-state index contributed by atoms with van der Waals surface area (Å²) in [6.45, 7) is 2.18. The van der Waals surface area contributed by atoms with E-state index >= 15 is 0 Å². The minimum atomic E-state index is -4.04. The average molecular weight is 631 g/mol. The summed E-state index contributed by atoms with van der Waals surface area (Å²) >= 11 is 7.91. The summed E-state index contributed by atoms with van der Waals surface area (Å²) in [5, 5.41) is 11.2. The van der Waals surface area contributed by atoms with Crippen molar-refractivity contribution in [2.24, 2.45) is 10.2 Å². The maximum absolute atomic E-state index is 12.7. The van der Waals surface area contributed by atoms with Gasteiger partial charge in [-0.1, -0.05) is 78.9 Å². The molecular formula is C23H25Br2N3O4S2. The fraction of sp³-hybridized carbons (Fsp3) is 0.348. The number of carbonyl (C=O) groups excluding carboxylic acids is 1. The predicted octanol–water partition coefficient (Wildman–Crippen LogP) is 6.26. The first-order chi connectivity index (χ1) is 16.3. The van der Waals surface area contributed by atoms with Crippen LogP contribution in [-0.2, 0) is 14.9 Å². The van der Waals surface area contributed by atoms with Crippen molar-refractivity contribution in [2.75, 3.05) is 0 Å². The van der Waals surface area contributed by atoms with E-state index in [2.05, 4.69) is 54.3 Å². The highest BCUT2D eigenvalue weighted by molar-refractivity contribution is 9.11. The van der Waals surface area contributed by atoms with Crippen LogP contribution >= 0.6 is 43.6 Å². The molecule has 0 bridgehead atoms. The first kappa shape index (κ1) is 26.9. The van der Waals surface area contributed by atoms with Crippen LogP contribution in [-0.4, -0.2) is 31.0 Å². The van der Waals surface area contributed by atoms with Gasteiger partial charge in [-0.3, -0.25) is 4.79 Å². The van der Waals surface area contributed by atoms with Gasteiger partial charge in [0.1, 0.15) is 10.6 Å². The Balaban J connectivity index is 1.60. The van der Waals surface area contributed by atoms with Crippen molar-refractivity contribution in [1.82, 2.24) is 5.32 Å². The Bertz CT molecular complexity index is 1190. The van der Waals surface area contributed by atoms with Crippen LogP contribution in [0, 0.1) is 0 Å². The molecule has 0 spiro atoms. The lowest BCUT2D eigenvalue weighted by molar-refractivity contribution is -0.118. The standard InChI is InChI=1S/C23H25Br2N3O4S2/c1-2-3-4-5-6-10-20-22(29)27-23(33-20)28-26-15-16-8-7-9-18(13-16)32-34(30,31)21-14-17(24)11-12-19(21)25/h7-9,11-15,20H,2-6,10H2,1H3,(H,27,28,29). The Kier molecular flexibility index (Phi) is 10.2. The second-order valence-electron chi connectivity index (χ2n) is 7.63. The number of benzene rings is 2. The number of hydrogen-bond acceptors (Lipinski definition) is 7. The molecular weight excluding hydrogens is 606 g/mol. The van der Waals surface area contributed by atoms with Crippen LogP contribution in [0.5, 0.6) is 5.75 Å². The number of hydrogen-bond donors (Lipinski definition) is 1. The molecule has 2 aromatic carbocycles. The summed E-state index contributed by atoms with van der Waals surface area (Å²) in [6, 6.07) is 11.3. The van der Waals surface area contributed by atoms with Crippen molar-refractivity contribution in [1.29, 1.82) is 0 Å². The van der Waals surface area contributed by atoms with Gasteiger partial charge in [-0.2, -0.15) is 13.5 Å². The van der Waals surface area contributed by atoms with E-state index in [1.54, 1.807) is 36.4 Å². The normalized spacial score (nSPS) is 17.4. The van der Waals surface area contributed by atoms with E-state index in [-0.39, 0.29) is 21.8 Å². The molecule has 11 heteroatoms. The SMILES string of the molecule is CCCCCCCC1S/C(=N/N=Cc2cccc(OS(=O)(=O)c3cc(Br)ccc3Br)c2)NC1=O. The summed E-state index contributed by atoms with van der Waals surface area (Å²) in [7, 11) is -4.04. The molecule has 3 rings (SSSR count). The summed E-state index contributed by atoms with van der Waals surface area (Å²) in [5.74, 6) is 0.115. The lowest BCUT2D eigenvalue weighted by Gasteiger charge is -2.09. The zero-order valence-corrected chi connectivity index (χ0v) is 23.3. The monoisotopic (exact) mass is 629 g/mol. The minimum absolute atomic E-state index is 0.0151. The topological polar surface area (TPSA) is 97.2 Å². The van der Waals surface area contributed by atoms with E-state index in [1.807, 2.05) is 0 Å². The molecule has 0 saturated carbocycles. The molecule has 1 heterocycles. The molecule has 0 aliphatic carbocycles. The van der Waals surface area contributed by atoms with Crippen molar-refractivity contribution in [2.45, 2.75) is 55.6 Å².